The Labute approximate surface area is 83.1 Å². The van der Waals surface area contributed by atoms with Crippen LogP contribution in [0.4, 0.5) is 0 Å². The third-order valence-electron chi connectivity index (χ3n) is 3.44. The molecule has 1 N–H and O–H groups in total. The van der Waals surface area contributed by atoms with Gasteiger partial charge in [-0.1, -0.05) is 0 Å². The summed E-state index contributed by atoms with van der Waals surface area (Å²) >= 11 is 1.98. The maximum absolute atomic E-state index is 10.8. The van der Waals surface area contributed by atoms with Gasteiger partial charge in [0.2, 0.25) is 0 Å². The highest BCUT2D eigenvalue weighted by Crippen LogP contribution is 2.54. The standard InChI is InChI=1S/C10H16O2S/c11-9(12)7-10(8-1-2-8)3-5-13-6-4-10/h8H,1-7H2,(H,11,12). The molecule has 0 spiro atoms. The summed E-state index contributed by atoms with van der Waals surface area (Å²) in [5.41, 5.74) is 0.192. The number of hydrogen-bond acceptors (Lipinski definition) is 2. The lowest BCUT2D eigenvalue weighted by molar-refractivity contribution is -0.140. The minimum absolute atomic E-state index is 0.192. The Bertz CT molecular complexity index is 205. The molecule has 0 unspecified atom stereocenters. The zero-order valence-electron chi connectivity index (χ0n) is 7.79. The fraction of sp³-hybridized carbons (Fsp3) is 0.900. The highest BCUT2D eigenvalue weighted by molar-refractivity contribution is 7.99. The van der Waals surface area contributed by atoms with Crippen LogP contribution in [0.1, 0.15) is 32.1 Å². The summed E-state index contributed by atoms with van der Waals surface area (Å²) in [6.07, 6.45) is 5.23. The van der Waals surface area contributed by atoms with Crippen LogP contribution in [0.15, 0.2) is 0 Å². The summed E-state index contributed by atoms with van der Waals surface area (Å²) in [5.74, 6) is 2.48. The lowest BCUT2D eigenvalue weighted by Gasteiger charge is -2.36. The first kappa shape index (κ1) is 9.38. The van der Waals surface area contributed by atoms with Crippen molar-refractivity contribution < 1.29 is 9.90 Å². The van der Waals surface area contributed by atoms with Crippen LogP contribution in [0.2, 0.25) is 0 Å². The van der Waals surface area contributed by atoms with Crippen LogP contribution in [0.3, 0.4) is 0 Å². The molecule has 0 bridgehead atoms. The molecule has 3 heteroatoms. The van der Waals surface area contributed by atoms with Crippen molar-refractivity contribution in [2.45, 2.75) is 32.1 Å². The summed E-state index contributed by atoms with van der Waals surface area (Å²) in [6.45, 7) is 0. The Balaban J connectivity index is 2.04. The van der Waals surface area contributed by atoms with Gasteiger partial charge in [0.15, 0.2) is 0 Å². The Kier molecular flexibility index (Phi) is 2.54. The van der Waals surface area contributed by atoms with Crippen LogP contribution >= 0.6 is 11.8 Å². The first-order chi connectivity index (χ1) is 6.23. The van der Waals surface area contributed by atoms with Crippen LogP contribution < -0.4 is 0 Å². The molecule has 1 saturated carbocycles. The molecule has 74 valence electrons. The molecule has 2 aliphatic rings. The molecular formula is C10H16O2S. The molecule has 1 aliphatic heterocycles. The normalized spacial score (nSPS) is 27.1. The molecule has 2 rings (SSSR count). The van der Waals surface area contributed by atoms with Gasteiger partial charge in [0.25, 0.3) is 0 Å². The van der Waals surface area contributed by atoms with Crippen LogP contribution in [-0.2, 0) is 4.79 Å². The van der Waals surface area contributed by atoms with Gasteiger partial charge in [0.05, 0.1) is 6.42 Å². The third-order valence-corrected chi connectivity index (χ3v) is 4.42. The van der Waals surface area contributed by atoms with Crippen molar-refractivity contribution >= 4 is 17.7 Å². The minimum Gasteiger partial charge on any atom is -0.481 e. The number of carboxylic acid groups (broad SMARTS) is 1. The van der Waals surface area contributed by atoms with E-state index in [0.717, 1.165) is 18.8 Å². The van der Waals surface area contributed by atoms with Crippen molar-refractivity contribution in [3.63, 3.8) is 0 Å². The second-order valence-corrected chi connectivity index (χ2v) is 5.54. The summed E-state index contributed by atoms with van der Waals surface area (Å²) in [5, 5.41) is 8.90. The predicted octanol–water partition coefficient (Wildman–Crippen LogP) is 2.38. The molecule has 0 aromatic carbocycles. The van der Waals surface area contributed by atoms with E-state index in [4.69, 9.17) is 5.11 Å². The summed E-state index contributed by atoms with van der Waals surface area (Å²) in [7, 11) is 0. The Morgan fingerprint density at radius 3 is 2.46 bits per heavy atom. The molecule has 0 amide bonds. The van der Waals surface area contributed by atoms with E-state index in [9.17, 15) is 4.79 Å². The first-order valence-electron chi connectivity index (χ1n) is 5.02. The van der Waals surface area contributed by atoms with E-state index in [-0.39, 0.29) is 5.41 Å². The third kappa shape index (κ3) is 2.01. The molecule has 2 nitrogen and oxygen atoms in total. The average Bonchev–Trinajstić information content (AvgIpc) is 2.86. The van der Waals surface area contributed by atoms with E-state index in [1.54, 1.807) is 0 Å². The average molecular weight is 200 g/mol. The smallest absolute Gasteiger partial charge is 0.303 e. The molecule has 1 aliphatic carbocycles. The quantitative estimate of drug-likeness (QED) is 0.760. The van der Waals surface area contributed by atoms with Crippen molar-refractivity contribution in [2.24, 2.45) is 11.3 Å². The zero-order valence-corrected chi connectivity index (χ0v) is 8.61. The lowest BCUT2D eigenvalue weighted by Crippen LogP contribution is -2.31. The van der Waals surface area contributed by atoms with Crippen molar-refractivity contribution in [1.29, 1.82) is 0 Å². The lowest BCUT2D eigenvalue weighted by atomic mass is 9.74. The van der Waals surface area contributed by atoms with Crippen molar-refractivity contribution in [3.05, 3.63) is 0 Å². The van der Waals surface area contributed by atoms with E-state index >= 15 is 0 Å². The van der Waals surface area contributed by atoms with E-state index in [0.29, 0.717) is 6.42 Å². The number of carbonyl (C=O) groups is 1. The Morgan fingerprint density at radius 2 is 2.00 bits per heavy atom. The second-order valence-electron chi connectivity index (χ2n) is 4.32. The maximum atomic E-state index is 10.8. The van der Waals surface area contributed by atoms with Gasteiger partial charge < -0.3 is 5.11 Å². The van der Waals surface area contributed by atoms with E-state index in [1.165, 1.54) is 24.3 Å². The number of hydrogen-bond donors (Lipinski definition) is 1. The minimum atomic E-state index is -0.598. The van der Waals surface area contributed by atoms with E-state index in [1.807, 2.05) is 11.8 Å². The second kappa shape index (κ2) is 3.52. The topological polar surface area (TPSA) is 37.3 Å². The molecule has 0 radical (unpaired) electrons. The number of rotatable bonds is 3. The molecular weight excluding hydrogens is 184 g/mol. The number of thioether (sulfide) groups is 1. The van der Waals surface area contributed by atoms with Gasteiger partial charge in [-0.15, -0.1) is 0 Å². The fourth-order valence-corrected chi connectivity index (χ4v) is 3.81. The number of aliphatic carboxylic acids is 1. The van der Waals surface area contributed by atoms with Gasteiger partial charge in [-0.2, -0.15) is 11.8 Å². The van der Waals surface area contributed by atoms with Gasteiger partial charge in [-0.3, -0.25) is 4.79 Å². The van der Waals surface area contributed by atoms with Gasteiger partial charge >= 0.3 is 5.97 Å². The molecule has 0 aromatic rings. The van der Waals surface area contributed by atoms with Gasteiger partial charge in [0, 0.05) is 0 Å². The molecule has 1 heterocycles. The van der Waals surface area contributed by atoms with Gasteiger partial charge in [-0.25, -0.2) is 0 Å². The fourth-order valence-electron chi connectivity index (χ4n) is 2.50. The van der Waals surface area contributed by atoms with Gasteiger partial charge in [-0.05, 0) is 48.5 Å². The highest BCUT2D eigenvalue weighted by atomic mass is 32.2. The summed E-state index contributed by atoms with van der Waals surface area (Å²) in [4.78, 5) is 10.8. The van der Waals surface area contributed by atoms with Crippen molar-refractivity contribution in [2.75, 3.05) is 11.5 Å². The van der Waals surface area contributed by atoms with E-state index < -0.39 is 5.97 Å². The number of carboxylic acids is 1. The van der Waals surface area contributed by atoms with Crippen LogP contribution in [-0.4, -0.2) is 22.6 Å². The first-order valence-corrected chi connectivity index (χ1v) is 6.18. The monoisotopic (exact) mass is 200 g/mol. The van der Waals surface area contributed by atoms with Crippen LogP contribution in [0.5, 0.6) is 0 Å². The Hall–Kier alpha value is -0.180. The van der Waals surface area contributed by atoms with Crippen molar-refractivity contribution in [3.8, 4) is 0 Å². The molecule has 0 aromatic heterocycles. The summed E-state index contributed by atoms with van der Waals surface area (Å²) < 4.78 is 0. The van der Waals surface area contributed by atoms with Gasteiger partial charge in [0.1, 0.15) is 0 Å². The molecule has 0 atom stereocenters. The van der Waals surface area contributed by atoms with E-state index in [2.05, 4.69) is 0 Å². The summed E-state index contributed by atoms with van der Waals surface area (Å²) in [6, 6.07) is 0. The van der Waals surface area contributed by atoms with Crippen LogP contribution in [0, 0.1) is 11.3 Å². The molecule has 1 saturated heterocycles. The molecule has 2 fully saturated rings. The SMILES string of the molecule is O=C(O)CC1(C2CC2)CCSCC1. The van der Waals surface area contributed by atoms with Crippen LogP contribution in [0.25, 0.3) is 0 Å². The largest absolute Gasteiger partial charge is 0.481 e. The maximum Gasteiger partial charge on any atom is 0.303 e. The predicted molar refractivity (Wildman–Crippen MR) is 54.0 cm³/mol. The molecule has 13 heavy (non-hydrogen) atoms. The zero-order chi connectivity index (χ0) is 9.31. The van der Waals surface area contributed by atoms with Crippen molar-refractivity contribution in [1.82, 2.24) is 0 Å². The Morgan fingerprint density at radius 1 is 1.38 bits per heavy atom. The highest BCUT2D eigenvalue weighted by Gasteiger charge is 2.46.